The van der Waals surface area contributed by atoms with Crippen molar-refractivity contribution < 1.29 is 0 Å². The lowest BCUT2D eigenvalue weighted by molar-refractivity contribution is 0.0440. The molecule has 2 atom stereocenters. The van der Waals surface area contributed by atoms with Gasteiger partial charge in [-0.05, 0) is 47.6 Å². The van der Waals surface area contributed by atoms with E-state index in [-0.39, 0.29) is 0 Å². The Kier molecular flexibility index (Phi) is 3.11. The normalized spacial score (nSPS) is 28.8. The van der Waals surface area contributed by atoms with Crippen LogP contribution in [0.3, 0.4) is 0 Å². The van der Waals surface area contributed by atoms with Crippen LogP contribution in [0.25, 0.3) is 0 Å². The summed E-state index contributed by atoms with van der Waals surface area (Å²) in [5, 5.41) is 2.19. The van der Waals surface area contributed by atoms with Gasteiger partial charge in [-0.3, -0.25) is 0 Å². The largest absolute Gasteiger partial charge is 0.327 e. The Bertz CT molecular complexity index is 343. The fourth-order valence-corrected chi connectivity index (χ4v) is 4.01. The molecular weight excluding hydrogens is 226 g/mol. The van der Waals surface area contributed by atoms with Crippen LogP contribution in [0.4, 0.5) is 0 Å². The van der Waals surface area contributed by atoms with Crippen LogP contribution in [0, 0.1) is 5.41 Å². The average molecular weight is 244 g/mol. The fourth-order valence-electron chi connectivity index (χ4n) is 3.06. The Morgan fingerprint density at radius 1 is 1.53 bits per heavy atom. The summed E-state index contributed by atoms with van der Waals surface area (Å²) in [4.78, 5) is 0. The van der Waals surface area contributed by atoms with Crippen LogP contribution in [-0.2, 0) is 0 Å². The Morgan fingerprint density at radius 3 is 2.60 bits per heavy atom. The molecule has 15 heavy (non-hydrogen) atoms. The Labute approximate surface area is 101 Å². The smallest absolute Gasteiger partial charge is 0.0931 e. The van der Waals surface area contributed by atoms with Gasteiger partial charge in [-0.25, -0.2) is 0 Å². The molecule has 0 saturated heterocycles. The Hall–Kier alpha value is -0.0500. The molecule has 0 spiro atoms. The van der Waals surface area contributed by atoms with Gasteiger partial charge in [-0.15, -0.1) is 11.3 Å². The van der Waals surface area contributed by atoms with Gasteiger partial charge in [0.1, 0.15) is 0 Å². The quantitative estimate of drug-likeness (QED) is 0.853. The van der Waals surface area contributed by atoms with Gasteiger partial charge in [0, 0.05) is 6.04 Å². The van der Waals surface area contributed by atoms with Gasteiger partial charge >= 0.3 is 0 Å². The summed E-state index contributed by atoms with van der Waals surface area (Å²) >= 11 is 7.62. The fraction of sp³-hybridized carbons (Fsp3) is 0.667. The highest BCUT2D eigenvalue weighted by atomic mass is 35.5. The number of hydrogen-bond acceptors (Lipinski definition) is 2. The van der Waals surface area contributed by atoms with Crippen molar-refractivity contribution >= 4 is 22.9 Å². The van der Waals surface area contributed by atoms with E-state index in [2.05, 4.69) is 25.3 Å². The van der Waals surface area contributed by atoms with Gasteiger partial charge in [0.05, 0.1) is 4.34 Å². The summed E-state index contributed by atoms with van der Waals surface area (Å²) in [6.07, 6.45) is 3.46. The molecule has 3 heteroatoms. The van der Waals surface area contributed by atoms with Crippen molar-refractivity contribution in [2.24, 2.45) is 11.1 Å². The maximum absolute atomic E-state index is 6.18. The first-order valence-electron chi connectivity index (χ1n) is 5.63. The number of thiophene rings is 1. The van der Waals surface area contributed by atoms with Gasteiger partial charge < -0.3 is 5.73 Å². The second kappa shape index (κ2) is 4.08. The van der Waals surface area contributed by atoms with E-state index in [9.17, 15) is 0 Å². The van der Waals surface area contributed by atoms with Gasteiger partial charge in [-0.1, -0.05) is 25.4 Å². The van der Waals surface area contributed by atoms with Crippen molar-refractivity contribution in [1.29, 1.82) is 0 Å². The SMILES string of the molecule is CCC1(CC)C(N)CC1c1csc(Cl)c1. The van der Waals surface area contributed by atoms with E-state index in [0.29, 0.717) is 17.4 Å². The van der Waals surface area contributed by atoms with Gasteiger partial charge in [0.25, 0.3) is 0 Å². The third kappa shape index (κ3) is 1.63. The lowest BCUT2D eigenvalue weighted by Crippen LogP contribution is -2.55. The lowest BCUT2D eigenvalue weighted by atomic mass is 9.52. The van der Waals surface area contributed by atoms with Crippen LogP contribution in [-0.4, -0.2) is 6.04 Å². The molecule has 1 aromatic heterocycles. The summed E-state index contributed by atoms with van der Waals surface area (Å²) < 4.78 is 0.895. The van der Waals surface area contributed by atoms with Crippen LogP contribution in [0.1, 0.15) is 44.6 Å². The molecule has 0 aromatic carbocycles. The molecule has 0 amide bonds. The van der Waals surface area contributed by atoms with Crippen molar-refractivity contribution in [3.8, 4) is 0 Å². The predicted molar refractivity (Wildman–Crippen MR) is 67.7 cm³/mol. The van der Waals surface area contributed by atoms with Crippen molar-refractivity contribution in [3.05, 3.63) is 21.3 Å². The van der Waals surface area contributed by atoms with Gasteiger partial charge in [0.2, 0.25) is 0 Å². The van der Waals surface area contributed by atoms with E-state index in [1.54, 1.807) is 11.3 Å². The molecule has 1 aliphatic carbocycles. The molecule has 1 heterocycles. The molecule has 1 nitrogen and oxygen atoms in total. The van der Waals surface area contributed by atoms with E-state index in [1.807, 2.05) is 0 Å². The first kappa shape index (κ1) is 11.4. The molecule has 0 radical (unpaired) electrons. The van der Waals surface area contributed by atoms with Crippen LogP contribution in [0.5, 0.6) is 0 Å². The highest BCUT2D eigenvalue weighted by molar-refractivity contribution is 7.14. The van der Waals surface area contributed by atoms with Crippen molar-refractivity contribution in [2.75, 3.05) is 0 Å². The summed E-state index contributed by atoms with van der Waals surface area (Å²) in [5.41, 5.74) is 7.91. The minimum atomic E-state index is 0.324. The molecular formula is C12H18ClNS. The minimum Gasteiger partial charge on any atom is -0.327 e. The first-order valence-corrected chi connectivity index (χ1v) is 6.89. The summed E-state index contributed by atoms with van der Waals surface area (Å²) in [6, 6.07) is 2.49. The molecule has 0 aliphatic heterocycles. The molecule has 1 aliphatic rings. The third-order valence-corrected chi connectivity index (χ3v) is 5.34. The molecule has 2 rings (SSSR count). The van der Waals surface area contributed by atoms with Crippen LogP contribution < -0.4 is 5.73 Å². The van der Waals surface area contributed by atoms with E-state index in [1.165, 1.54) is 18.4 Å². The van der Waals surface area contributed by atoms with E-state index < -0.39 is 0 Å². The number of hydrogen-bond donors (Lipinski definition) is 1. The van der Waals surface area contributed by atoms with Crippen LogP contribution in [0.15, 0.2) is 11.4 Å². The monoisotopic (exact) mass is 243 g/mol. The molecule has 0 bridgehead atoms. The number of rotatable bonds is 3. The number of nitrogens with two attached hydrogens (primary N) is 1. The summed E-state index contributed by atoms with van der Waals surface area (Å²) in [5.74, 6) is 0.631. The van der Waals surface area contributed by atoms with Gasteiger partial charge in [-0.2, -0.15) is 0 Å². The average Bonchev–Trinajstić information content (AvgIpc) is 2.63. The minimum absolute atomic E-state index is 0.324. The maximum atomic E-state index is 6.18. The molecule has 1 aromatic rings. The van der Waals surface area contributed by atoms with Crippen LogP contribution >= 0.6 is 22.9 Å². The van der Waals surface area contributed by atoms with E-state index in [0.717, 1.165) is 10.8 Å². The molecule has 1 fully saturated rings. The Balaban J connectivity index is 2.25. The number of halogens is 1. The van der Waals surface area contributed by atoms with E-state index in [4.69, 9.17) is 17.3 Å². The lowest BCUT2D eigenvalue weighted by Gasteiger charge is -2.54. The Morgan fingerprint density at radius 2 is 2.20 bits per heavy atom. The zero-order valence-corrected chi connectivity index (χ0v) is 10.9. The topological polar surface area (TPSA) is 26.0 Å². The molecule has 2 unspecified atom stereocenters. The van der Waals surface area contributed by atoms with Crippen LogP contribution in [0.2, 0.25) is 4.34 Å². The highest BCUT2D eigenvalue weighted by Crippen LogP contribution is 2.57. The van der Waals surface area contributed by atoms with Crippen molar-refractivity contribution in [2.45, 2.75) is 45.1 Å². The second-order valence-corrected chi connectivity index (χ2v) is 6.06. The summed E-state index contributed by atoms with van der Waals surface area (Å²) in [6.45, 7) is 4.51. The summed E-state index contributed by atoms with van der Waals surface area (Å²) in [7, 11) is 0. The first-order chi connectivity index (χ1) is 7.14. The highest BCUT2D eigenvalue weighted by Gasteiger charge is 2.51. The van der Waals surface area contributed by atoms with Crippen molar-refractivity contribution in [1.82, 2.24) is 0 Å². The molecule has 2 N–H and O–H groups in total. The molecule has 84 valence electrons. The second-order valence-electron chi connectivity index (χ2n) is 4.52. The van der Waals surface area contributed by atoms with E-state index >= 15 is 0 Å². The van der Waals surface area contributed by atoms with Gasteiger partial charge in [0.15, 0.2) is 0 Å². The van der Waals surface area contributed by atoms with Crippen molar-refractivity contribution in [3.63, 3.8) is 0 Å². The molecule has 1 saturated carbocycles. The standard InChI is InChI=1S/C12H18ClNS/c1-3-12(4-2)9(6-10(12)14)8-5-11(13)15-7-8/h5,7,9-10H,3-4,6,14H2,1-2H3. The zero-order chi connectivity index (χ0) is 11.1. The predicted octanol–water partition coefficient (Wildman–Crippen LogP) is 4.02. The maximum Gasteiger partial charge on any atom is 0.0931 e. The zero-order valence-electron chi connectivity index (χ0n) is 9.29. The third-order valence-electron chi connectivity index (χ3n) is 4.23.